The molecular formula is C13H16BrNO. The van der Waals surface area contributed by atoms with Crippen molar-refractivity contribution in [1.29, 1.82) is 0 Å². The minimum Gasteiger partial charge on any atom is -0.475 e. The molecule has 0 unspecified atom stereocenters. The highest BCUT2D eigenvalue weighted by Gasteiger charge is 2.30. The van der Waals surface area contributed by atoms with E-state index in [1.54, 1.807) is 0 Å². The maximum Gasteiger partial charge on any atom is 0.216 e. The fourth-order valence-electron chi connectivity index (χ4n) is 1.60. The minimum absolute atomic E-state index is 0.160. The van der Waals surface area contributed by atoms with Crippen molar-refractivity contribution in [3.8, 4) is 0 Å². The molecule has 0 fully saturated rings. The molecular weight excluding hydrogens is 266 g/mol. The number of halogens is 1. The van der Waals surface area contributed by atoms with Gasteiger partial charge in [0, 0.05) is 10.0 Å². The number of benzene rings is 1. The Bertz CT molecular complexity index is 420. The molecule has 0 amide bonds. The molecule has 1 heterocycles. The lowest BCUT2D eigenvalue weighted by atomic mass is 9.88. The number of aliphatic imine (C=N–C) groups is 1. The molecule has 2 rings (SSSR count). The summed E-state index contributed by atoms with van der Waals surface area (Å²) >= 11 is 3.45. The minimum atomic E-state index is 0.160. The SMILES string of the molecule is CC(C)(C)[C@H]1COC(c2cccc(Br)c2)=N1. The second kappa shape index (κ2) is 4.21. The molecule has 0 saturated carbocycles. The predicted molar refractivity (Wildman–Crippen MR) is 69.9 cm³/mol. The average molecular weight is 282 g/mol. The first-order valence-electron chi connectivity index (χ1n) is 5.43. The predicted octanol–water partition coefficient (Wildman–Crippen LogP) is 3.64. The van der Waals surface area contributed by atoms with E-state index in [1.165, 1.54) is 0 Å². The molecule has 1 atom stereocenters. The monoisotopic (exact) mass is 281 g/mol. The molecule has 1 aromatic rings. The van der Waals surface area contributed by atoms with Crippen LogP contribution in [0, 0.1) is 5.41 Å². The largest absolute Gasteiger partial charge is 0.475 e. The average Bonchev–Trinajstić information content (AvgIpc) is 2.65. The number of nitrogens with zero attached hydrogens (tertiary/aromatic N) is 1. The summed E-state index contributed by atoms with van der Waals surface area (Å²) in [6.45, 7) is 7.25. The third kappa shape index (κ3) is 2.46. The second-order valence-corrected chi connectivity index (χ2v) is 6.05. The van der Waals surface area contributed by atoms with Crippen LogP contribution in [0.2, 0.25) is 0 Å². The van der Waals surface area contributed by atoms with Crippen molar-refractivity contribution in [2.75, 3.05) is 6.61 Å². The van der Waals surface area contributed by atoms with Gasteiger partial charge in [-0.15, -0.1) is 0 Å². The molecule has 0 N–H and O–H groups in total. The van der Waals surface area contributed by atoms with Crippen LogP contribution in [0.5, 0.6) is 0 Å². The first-order chi connectivity index (χ1) is 7.47. The molecule has 0 bridgehead atoms. The zero-order valence-electron chi connectivity index (χ0n) is 9.83. The van der Waals surface area contributed by atoms with Crippen LogP contribution >= 0.6 is 15.9 Å². The van der Waals surface area contributed by atoms with Crippen LogP contribution in [-0.2, 0) is 4.74 Å². The molecule has 3 heteroatoms. The Balaban J connectivity index is 2.25. The standard InChI is InChI=1S/C13H16BrNO/c1-13(2,3)11-8-16-12(15-11)9-5-4-6-10(14)7-9/h4-7,11H,8H2,1-3H3/t11-/m1/s1. The van der Waals surface area contributed by atoms with Crippen molar-refractivity contribution < 1.29 is 4.74 Å². The van der Waals surface area contributed by atoms with Gasteiger partial charge < -0.3 is 4.74 Å². The van der Waals surface area contributed by atoms with Crippen molar-refractivity contribution in [3.05, 3.63) is 34.3 Å². The summed E-state index contributed by atoms with van der Waals surface area (Å²) in [7, 11) is 0. The highest BCUT2D eigenvalue weighted by atomic mass is 79.9. The van der Waals surface area contributed by atoms with Crippen LogP contribution in [0.1, 0.15) is 26.3 Å². The molecule has 0 saturated heterocycles. The van der Waals surface area contributed by atoms with Crippen molar-refractivity contribution in [2.45, 2.75) is 26.8 Å². The molecule has 0 spiro atoms. The van der Waals surface area contributed by atoms with Gasteiger partial charge in [0.25, 0.3) is 0 Å². The summed E-state index contributed by atoms with van der Waals surface area (Å²) in [5.74, 6) is 0.765. The fourth-order valence-corrected chi connectivity index (χ4v) is 2.00. The molecule has 0 aromatic heterocycles. The normalized spacial score (nSPS) is 20.5. The lowest BCUT2D eigenvalue weighted by Crippen LogP contribution is -2.25. The van der Waals surface area contributed by atoms with Crippen molar-refractivity contribution in [2.24, 2.45) is 10.4 Å². The van der Waals surface area contributed by atoms with Gasteiger partial charge in [-0.2, -0.15) is 0 Å². The smallest absolute Gasteiger partial charge is 0.216 e. The quantitative estimate of drug-likeness (QED) is 0.770. The Labute approximate surface area is 105 Å². The van der Waals surface area contributed by atoms with Crippen LogP contribution in [-0.4, -0.2) is 18.5 Å². The van der Waals surface area contributed by atoms with E-state index in [9.17, 15) is 0 Å². The van der Waals surface area contributed by atoms with Crippen molar-refractivity contribution in [3.63, 3.8) is 0 Å². The van der Waals surface area contributed by atoms with Crippen LogP contribution < -0.4 is 0 Å². The number of hydrogen-bond acceptors (Lipinski definition) is 2. The third-order valence-electron chi connectivity index (χ3n) is 2.72. The molecule has 1 aliphatic rings. The summed E-state index contributed by atoms with van der Waals surface area (Å²) in [6.07, 6.45) is 0. The molecule has 0 aliphatic carbocycles. The van der Waals surface area contributed by atoms with Gasteiger partial charge >= 0.3 is 0 Å². The number of ether oxygens (including phenoxy) is 1. The van der Waals surface area contributed by atoms with Gasteiger partial charge in [-0.05, 0) is 23.6 Å². The Morgan fingerprint density at radius 1 is 1.38 bits per heavy atom. The van der Waals surface area contributed by atoms with E-state index in [-0.39, 0.29) is 11.5 Å². The second-order valence-electron chi connectivity index (χ2n) is 5.14. The lowest BCUT2D eigenvalue weighted by Gasteiger charge is -2.21. The van der Waals surface area contributed by atoms with E-state index in [2.05, 4.69) is 41.7 Å². The number of rotatable bonds is 1. The van der Waals surface area contributed by atoms with Gasteiger partial charge in [-0.3, -0.25) is 0 Å². The Morgan fingerprint density at radius 2 is 2.12 bits per heavy atom. The highest BCUT2D eigenvalue weighted by molar-refractivity contribution is 9.10. The van der Waals surface area contributed by atoms with Crippen LogP contribution in [0.4, 0.5) is 0 Å². The maximum atomic E-state index is 5.66. The van der Waals surface area contributed by atoms with Gasteiger partial charge in [0.2, 0.25) is 5.90 Å². The highest BCUT2D eigenvalue weighted by Crippen LogP contribution is 2.27. The zero-order valence-corrected chi connectivity index (χ0v) is 11.4. The van der Waals surface area contributed by atoms with Crippen LogP contribution in [0.25, 0.3) is 0 Å². The molecule has 2 nitrogen and oxygen atoms in total. The van der Waals surface area contributed by atoms with E-state index in [0.29, 0.717) is 6.61 Å². The van der Waals surface area contributed by atoms with E-state index in [4.69, 9.17) is 4.74 Å². The van der Waals surface area contributed by atoms with Gasteiger partial charge in [0.15, 0.2) is 0 Å². The van der Waals surface area contributed by atoms with Gasteiger partial charge in [0.1, 0.15) is 6.61 Å². The van der Waals surface area contributed by atoms with Crippen LogP contribution in [0.3, 0.4) is 0 Å². The van der Waals surface area contributed by atoms with E-state index in [1.807, 2.05) is 24.3 Å². The first-order valence-corrected chi connectivity index (χ1v) is 6.22. The van der Waals surface area contributed by atoms with Gasteiger partial charge in [-0.1, -0.05) is 42.8 Å². The maximum absolute atomic E-state index is 5.66. The van der Waals surface area contributed by atoms with E-state index in [0.717, 1.165) is 15.9 Å². The van der Waals surface area contributed by atoms with Crippen molar-refractivity contribution in [1.82, 2.24) is 0 Å². The summed E-state index contributed by atoms with van der Waals surface area (Å²) in [4.78, 5) is 4.64. The number of hydrogen-bond donors (Lipinski definition) is 0. The zero-order chi connectivity index (χ0) is 11.8. The van der Waals surface area contributed by atoms with E-state index < -0.39 is 0 Å². The van der Waals surface area contributed by atoms with Gasteiger partial charge in [-0.25, -0.2) is 4.99 Å². The lowest BCUT2D eigenvalue weighted by molar-refractivity contribution is 0.236. The Kier molecular flexibility index (Phi) is 3.06. The van der Waals surface area contributed by atoms with Crippen LogP contribution in [0.15, 0.2) is 33.7 Å². The van der Waals surface area contributed by atoms with E-state index >= 15 is 0 Å². The Morgan fingerprint density at radius 3 is 2.69 bits per heavy atom. The first kappa shape index (κ1) is 11.6. The summed E-state index contributed by atoms with van der Waals surface area (Å²) in [6, 6.07) is 8.30. The summed E-state index contributed by atoms with van der Waals surface area (Å²) < 4.78 is 6.71. The molecule has 1 aromatic carbocycles. The van der Waals surface area contributed by atoms with Gasteiger partial charge in [0.05, 0.1) is 6.04 Å². The Hall–Kier alpha value is -0.830. The summed E-state index contributed by atoms with van der Waals surface area (Å²) in [5, 5.41) is 0. The third-order valence-corrected chi connectivity index (χ3v) is 3.22. The fraction of sp³-hybridized carbons (Fsp3) is 0.462. The molecule has 0 radical (unpaired) electrons. The molecule has 16 heavy (non-hydrogen) atoms. The summed E-state index contributed by atoms with van der Waals surface area (Å²) in [5.41, 5.74) is 1.20. The molecule has 1 aliphatic heterocycles. The molecule has 86 valence electrons. The van der Waals surface area contributed by atoms with Crippen molar-refractivity contribution >= 4 is 21.8 Å². The topological polar surface area (TPSA) is 21.6 Å².